The van der Waals surface area contributed by atoms with Crippen LogP contribution in [0.2, 0.25) is 0 Å². The molecule has 0 spiro atoms. The van der Waals surface area contributed by atoms with Crippen LogP contribution in [0.15, 0.2) is 52.9 Å². The number of carboxylic acid groups (broad SMARTS) is 1. The van der Waals surface area contributed by atoms with Crippen molar-refractivity contribution in [2.45, 2.75) is 39.2 Å². The Morgan fingerprint density at radius 2 is 1.81 bits per heavy atom. The number of carbonyl (C=O) groups is 2. The van der Waals surface area contributed by atoms with Gasteiger partial charge in [-0.3, -0.25) is 14.6 Å². The normalized spacial score (nSPS) is 11.1. The minimum absolute atomic E-state index is 0.130. The lowest BCUT2D eigenvalue weighted by Crippen LogP contribution is -2.41. The number of benzene rings is 2. The Bertz CT molecular complexity index is 1070. The Kier molecular flexibility index (Phi) is 7.89. The number of hydrazine groups is 1. The number of furan rings is 1. The van der Waals surface area contributed by atoms with E-state index in [1.807, 2.05) is 63.5 Å². The first-order valence-electron chi connectivity index (χ1n) is 10.8. The number of aliphatic carboxylic acids is 1. The summed E-state index contributed by atoms with van der Waals surface area (Å²) in [5.41, 5.74) is 2.14. The Morgan fingerprint density at radius 3 is 2.56 bits per heavy atom. The van der Waals surface area contributed by atoms with Crippen molar-refractivity contribution in [1.29, 1.82) is 0 Å². The van der Waals surface area contributed by atoms with Crippen molar-refractivity contribution < 1.29 is 23.8 Å². The van der Waals surface area contributed by atoms with Gasteiger partial charge in [-0.15, -0.1) is 0 Å². The summed E-state index contributed by atoms with van der Waals surface area (Å²) in [7, 11) is 3.67. The molecule has 0 aliphatic rings. The fourth-order valence-corrected chi connectivity index (χ4v) is 3.51. The van der Waals surface area contributed by atoms with E-state index in [9.17, 15) is 9.59 Å². The Labute approximate surface area is 188 Å². The van der Waals surface area contributed by atoms with Gasteiger partial charge in [-0.1, -0.05) is 24.3 Å². The first kappa shape index (κ1) is 23.3. The molecule has 2 aromatic carbocycles. The first-order chi connectivity index (χ1) is 15.3. The summed E-state index contributed by atoms with van der Waals surface area (Å²) in [5, 5.41) is 13.1. The minimum Gasteiger partial charge on any atom is -0.493 e. The third kappa shape index (κ3) is 6.11. The molecule has 0 saturated carbocycles. The molecule has 0 saturated heterocycles. The third-order valence-corrected chi connectivity index (χ3v) is 5.19. The van der Waals surface area contributed by atoms with E-state index >= 15 is 0 Å². The number of carboxylic acids is 1. The van der Waals surface area contributed by atoms with Crippen LogP contribution < -0.4 is 4.74 Å². The van der Waals surface area contributed by atoms with E-state index in [-0.39, 0.29) is 12.3 Å². The molecule has 7 nitrogen and oxygen atoms in total. The summed E-state index contributed by atoms with van der Waals surface area (Å²) in [4.78, 5) is 23.9. The van der Waals surface area contributed by atoms with Crippen molar-refractivity contribution in [1.82, 2.24) is 10.0 Å². The average molecular weight is 439 g/mol. The van der Waals surface area contributed by atoms with Crippen LogP contribution in [0.3, 0.4) is 0 Å². The molecule has 0 aliphatic carbocycles. The van der Waals surface area contributed by atoms with Gasteiger partial charge in [-0.25, -0.2) is 5.01 Å². The number of para-hydroxylation sites is 1. The summed E-state index contributed by atoms with van der Waals surface area (Å²) in [6.07, 6.45) is 2.40. The van der Waals surface area contributed by atoms with Crippen molar-refractivity contribution in [3.63, 3.8) is 0 Å². The van der Waals surface area contributed by atoms with Crippen LogP contribution in [0.25, 0.3) is 11.0 Å². The summed E-state index contributed by atoms with van der Waals surface area (Å²) in [6.45, 7) is 2.74. The topological polar surface area (TPSA) is 83.2 Å². The molecule has 170 valence electrons. The molecule has 0 fully saturated rings. The second kappa shape index (κ2) is 10.8. The zero-order valence-corrected chi connectivity index (χ0v) is 18.8. The molecule has 1 aromatic heterocycles. The summed E-state index contributed by atoms with van der Waals surface area (Å²) >= 11 is 0. The molecule has 0 radical (unpaired) electrons. The van der Waals surface area contributed by atoms with Crippen molar-refractivity contribution in [2.75, 3.05) is 20.7 Å². The molecule has 3 aromatic rings. The molecule has 1 heterocycles. The van der Waals surface area contributed by atoms with Gasteiger partial charge in [0.15, 0.2) is 0 Å². The highest BCUT2D eigenvalue weighted by molar-refractivity contribution is 5.97. The van der Waals surface area contributed by atoms with E-state index in [0.717, 1.165) is 35.3 Å². The predicted molar refractivity (Wildman–Crippen MR) is 123 cm³/mol. The van der Waals surface area contributed by atoms with E-state index in [4.69, 9.17) is 14.3 Å². The van der Waals surface area contributed by atoms with Crippen LogP contribution >= 0.6 is 0 Å². The minimum atomic E-state index is -0.772. The largest absolute Gasteiger partial charge is 0.493 e. The van der Waals surface area contributed by atoms with Crippen molar-refractivity contribution in [3.8, 4) is 5.75 Å². The van der Waals surface area contributed by atoms with Gasteiger partial charge in [0, 0.05) is 37.0 Å². The number of nitrogens with zero attached hydrogens (tertiary/aromatic N) is 2. The summed E-state index contributed by atoms with van der Waals surface area (Å²) < 4.78 is 11.6. The first-order valence-corrected chi connectivity index (χ1v) is 10.8. The molecule has 0 bridgehead atoms. The number of rotatable bonds is 11. The van der Waals surface area contributed by atoms with Gasteiger partial charge < -0.3 is 14.3 Å². The predicted octanol–water partition coefficient (Wildman–Crippen LogP) is 4.88. The lowest BCUT2D eigenvalue weighted by Gasteiger charge is -2.29. The molecule has 0 aliphatic heterocycles. The van der Waals surface area contributed by atoms with Crippen LogP contribution in [-0.2, 0) is 11.3 Å². The fourth-order valence-electron chi connectivity index (χ4n) is 3.51. The Hall–Kier alpha value is -3.32. The number of ether oxygens (including phenoxy) is 1. The van der Waals surface area contributed by atoms with E-state index < -0.39 is 5.97 Å². The zero-order chi connectivity index (χ0) is 23.1. The van der Waals surface area contributed by atoms with Gasteiger partial charge in [0.2, 0.25) is 0 Å². The highest BCUT2D eigenvalue weighted by Crippen LogP contribution is 2.24. The second-order valence-corrected chi connectivity index (χ2v) is 7.98. The van der Waals surface area contributed by atoms with Crippen LogP contribution in [0.1, 0.15) is 47.4 Å². The molecule has 32 heavy (non-hydrogen) atoms. The van der Waals surface area contributed by atoms with E-state index in [0.29, 0.717) is 30.7 Å². The molecule has 3 rings (SSSR count). The van der Waals surface area contributed by atoms with Gasteiger partial charge in [0.25, 0.3) is 5.91 Å². The van der Waals surface area contributed by atoms with E-state index in [2.05, 4.69) is 0 Å². The third-order valence-electron chi connectivity index (χ3n) is 5.19. The summed E-state index contributed by atoms with van der Waals surface area (Å²) in [5.74, 6) is 0.631. The monoisotopic (exact) mass is 438 g/mol. The maximum atomic E-state index is 13.3. The highest BCUT2D eigenvalue weighted by Gasteiger charge is 2.21. The number of hydrogen-bond acceptors (Lipinski definition) is 5. The molecular formula is C25H30N2O5. The zero-order valence-electron chi connectivity index (χ0n) is 18.8. The van der Waals surface area contributed by atoms with Gasteiger partial charge in [-0.05, 0) is 50.5 Å². The van der Waals surface area contributed by atoms with Gasteiger partial charge in [0.1, 0.15) is 17.1 Å². The quantitative estimate of drug-likeness (QED) is 0.339. The molecule has 0 atom stereocenters. The number of aryl methyl sites for hydroxylation is 1. The molecule has 0 unspecified atom stereocenters. The smallest absolute Gasteiger partial charge is 0.303 e. The van der Waals surface area contributed by atoms with Crippen LogP contribution in [-0.4, -0.2) is 47.7 Å². The van der Waals surface area contributed by atoms with Crippen LogP contribution in [0.5, 0.6) is 5.75 Å². The second-order valence-electron chi connectivity index (χ2n) is 7.98. The maximum Gasteiger partial charge on any atom is 0.303 e. The van der Waals surface area contributed by atoms with Crippen molar-refractivity contribution in [3.05, 3.63) is 65.4 Å². The average Bonchev–Trinajstić information content (AvgIpc) is 3.13. The Balaban J connectivity index is 1.68. The van der Waals surface area contributed by atoms with E-state index in [1.165, 1.54) is 0 Å². The maximum absolute atomic E-state index is 13.3. The van der Waals surface area contributed by atoms with Gasteiger partial charge in [0.05, 0.1) is 13.2 Å². The fraction of sp³-hybridized carbons (Fsp3) is 0.360. The van der Waals surface area contributed by atoms with Crippen molar-refractivity contribution in [2.24, 2.45) is 0 Å². The molecular weight excluding hydrogens is 408 g/mol. The SMILES string of the molecule is Cc1cc2ccc(C(=O)N(Cc3ccccc3OCCCCCC(=O)O)N(C)C)cc2o1. The summed E-state index contributed by atoms with van der Waals surface area (Å²) in [6, 6.07) is 15.1. The number of hydrogen-bond donors (Lipinski definition) is 1. The lowest BCUT2D eigenvalue weighted by atomic mass is 10.1. The standard InChI is InChI=1S/C25H30N2O5/c1-18-15-19-12-13-20(16-23(19)32-18)25(30)27(26(2)3)17-21-9-6-7-10-22(21)31-14-8-4-5-11-24(28)29/h6-7,9-10,12-13,15-16H,4-5,8,11,14,17H2,1-3H3,(H,28,29). The number of fused-ring (bicyclic) bond motifs is 1. The number of carbonyl (C=O) groups excluding carboxylic acids is 1. The number of unbranched alkanes of at least 4 members (excludes halogenated alkanes) is 2. The Morgan fingerprint density at radius 1 is 1.03 bits per heavy atom. The lowest BCUT2D eigenvalue weighted by molar-refractivity contribution is -0.137. The van der Waals surface area contributed by atoms with Crippen LogP contribution in [0.4, 0.5) is 0 Å². The van der Waals surface area contributed by atoms with Gasteiger partial charge >= 0.3 is 5.97 Å². The molecule has 1 amide bonds. The van der Waals surface area contributed by atoms with Crippen molar-refractivity contribution >= 4 is 22.8 Å². The van der Waals surface area contributed by atoms with E-state index in [1.54, 1.807) is 16.1 Å². The number of amides is 1. The molecule has 1 N–H and O–H groups in total. The van der Waals surface area contributed by atoms with Crippen LogP contribution in [0, 0.1) is 6.92 Å². The highest BCUT2D eigenvalue weighted by atomic mass is 16.5. The molecule has 7 heteroatoms. The van der Waals surface area contributed by atoms with Gasteiger partial charge in [-0.2, -0.15) is 0 Å².